The number of carbonyl (C=O) groups excluding carboxylic acids is 1. The number of anilines is 1. The molecule has 0 saturated carbocycles. The lowest BCUT2D eigenvalue weighted by Gasteiger charge is -2.35. The van der Waals surface area contributed by atoms with Crippen LogP contribution in [0.15, 0.2) is 42.6 Å². The van der Waals surface area contributed by atoms with Crippen LogP contribution in [-0.2, 0) is 6.18 Å². The van der Waals surface area contributed by atoms with E-state index in [1.54, 1.807) is 4.90 Å². The van der Waals surface area contributed by atoms with Crippen LogP contribution in [-0.4, -0.2) is 48.4 Å². The van der Waals surface area contributed by atoms with E-state index in [1.807, 2.05) is 4.90 Å². The Labute approximate surface area is 148 Å². The number of benzene rings is 1. The number of nitrogens with zero attached hydrogens (tertiary/aromatic N) is 3. The second-order valence-corrected chi connectivity index (χ2v) is 6.09. The molecule has 0 bridgehead atoms. The summed E-state index contributed by atoms with van der Waals surface area (Å²) >= 11 is 0. The lowest BCUT2D eigenvalue weighted by atomic mass is 10.1. The Bertz CT molecular complexity index is 769. The Morgan fingerprint density at radius 3 is 2.31 bits per heavy atom. The molecule has 1 saturated heterocycles. The van der Waals surface area contributed by atoms with E-state index in [2.05, 4.69) is 4.98 Å². The molecule has 138 valence electrons. The molecule has 1 fully saturated rings. The van der Waals surface area contributed by atoms with E-state index in [4.69, 9.17) is 0 Å². The van der Waals surface area contributed by atoms with Crippen molar-refractivity contribution in [3.05, 3.63) is 59.5 Å². The van der Waals surface area contributed by atoms with Crippen LogP contribution in [0, 0.1) is 5.82 Å². The molecule has 0 N–H and O–H groups in total. The lowest BCUT2D eigenvalue weighted by molar-refractivity contribution is -0.137. The van der Waals surface area contributed by atoms with Crippen LogP contribution in [0.3, 0.4) is 0 Å². The van der Waals surface area contributed by atoms with Crippen molar-refractivity contribution in [1.29, 1.82) is 0 Å². The lowest BCUT2D eigenvalue weighted by Crippen LogP contribution is -2.48. The fourth-order valence-electron chi connectivity index (χ4n) is 2.83. The molecule has 0 spiro atoms. The van der Waals surface area contributed by atoms with Gasteiger partial charge in [0.05, 0.1) is 12.1 Å². The number of Topliss-reactive ketones (excluding diaryl/α,β-unsaturated/α-hetero) is 1. The molecule has 0 aliphatic carbocycles. The van der Waals surface area contributed by atoms with Crippen molar-refractivity contribution in [3.63, 3.8) is 0 Å². The van der Waals surface area contributed by atoms with Gasteiger partial charge in [-0.3, -0.25) is 9.69 Å². The summed E-state index contributed by atoms with van der Waals surface area (Å²) in [5, 5.41) is 0. The molecular formula is C18H17F4N3O. The number of hydrogen-bond acceptors (Lipinski definition) is 4. The summed E-state index contributed by atoms with van der Waals surface area (Å²) in [6, 6.07) is 7.36. The van der Waals surface area contributed by atoms with Crippen LogP contribution < -0.4 is 4.90 Å². The summed E-state index contributed by atoms with van der Waals surface area (Å²) < 4.78 is 51.3. The maximum Gasteiger partial charge on any atom is 0.416 e. The van der Waals surface area contributed by atoms with Gasteiger partial charge in [-0.15, -0.1) is 0 Å². The first-order chi connectivity index (χ1) is 12.3. The van der Waals surface area contributed by atoms with E-state index in [0.29, 0.717) is 31.7 Å². The third kappa shape index (κ3) is 4.37. The molecule has 1 aromatic carbocycles. The molecule has 0 radical (unpaired) electrons. The average Bonchev–Trinajstić information content (AvgIpc) is 2.62. The number of piperazine rings is 1. The number of ketones is 1. The minimum absolute atomic E-state index is 0.115. The van der Waals surface area contributed by atoms with Crippen molar-refractivity contribution in [2.24, 2.45) is 0 Å². The second kappa shape index (κ2) is 7.41. The number of rotatable bonds is 4. The maximum atomic E-state index is 12.9. The largest absolute Gasteiger partial charge is 0.416 e. The van der Waals surface area contributed by atoms with Gasteiger partial charge in [0.25, 0.3) is 0 Å². The van der Waals surface area contributed by atoms with Crippen molar-refractivity contribution in [2.75, 3.05) is 37.6 Å². The predicted octanol–water partition coefficient (Wildman–Crippen LogP) is 3.24. The highest BCUT2D eigenvalue weighted by Crippen LogP contribution is 2.30. The zero-order valence-corrected chi connectivity index (χ0v) is 13.8. The highest BCUT2D eigenvalue weighted by atomic mass is 19.4. The number of aromatic nitrogens is 1. The number of halogens is 4. The van der Waals surface area contributed by atoms with Crippen molar-refractivity contribution >= 4 is 11.6 Å². The third-order valence-corrected chi connectivity index (χ3v) is 4.30. The Balaban J connectivity index is 1.57. The normalized spacial score (nSPS) is 15.9. The van der Waals surface area contributed by atoms with Crippen molar-refractivity contribution in [3.8, 4) is 0 Å². The zero-order valence-electron chi connectivity index (χ0n) is 13.8. The van der Waals surface area contributed by atoms with Gasteiger partial charge in [0, 0.05) is 37.9 Å². The van der Waals surface area contributed by atoms with Gasteiger partial charge in [-0.05, 0) is 36.4 Å². The van der Waals surface area contributed by atoms with Crippen LogP contribution in [0.4, 0.5) is 23.4 Å². The standard InChI is InChI=1S/C18H17F4N3O/c19-15-3-1-13(2-4-15)16(26)12-24-7-9-25(10-8-24)17-11-14(5-6-23-17)18(20,21)22/h1-6,11H,7-10,12H2. The number of pyridine rings is 1. The Morgan fingerprint density at radius 2 is 1.69 bits per heavy atom. The van der Waals surface area contributed by atoms with Crippen molar-refractivity contribution in [1.82, 2.24) is 9.88 Å². The first kappa shape index (κ1) is 18.3. The van der Waals surface area contributed by atoms with E-state index in [9.17, 15) is 22.4 Å². The van der Waals surface area contributed by atoms with Gasteiger partial charge in [0.1, 0.15) is 11.6 Å². The molecule has 1 aromatic heterocycles. The molecule has 3 rings (SSSR count). The van der Waals surface area contributed by atoms with Crippen LogP contribution in [0.5, 0.6) is 0 Å². The quantitative estimate of drug-likeness (QED) is 0.614. The van der Waals surface area contributed by atoms with Gasteiger partial charge in [-0.1, -0.05) is 0 Å². The van der Waals surface area contributed by atoms with Crippen LogP contribution in [0.2, 0.25) is 0 Å². The van der Waals surface area contributed by atoms with Gasteiger partial charge in [0.15, 0.2) is 5.78 Å². The summed E-state index contributed by atoms with van der Waals surface area (Å²) in [4.78, 5) is 19.9. The third-order valence-electron chi connectivity index (χ3n) is 4.30. The minimum atomic E-state index is -4.40. The molecule has 4 nitrogen and oxygen atoms in total. The van der Waals surface area contributed by atoms with Crippen molar-refractivity contribution < 1.29 is 22.4 Å². The number of alkyl halides is 3. The second-order valence-electron chi connectivity index (χ2n) is 6.09. The summed E-state index contributed by atoms with van der Waals surface area (Å²) in [5.41, 5.74) is -0.287. The molecular weight excluding hydrogens is 350 g/mol. The van der Waals surface area contributed by atoms with E-state index in [0.717, 1.165) is 18.3 Å². The highest BCUT2D eigenvalue weighted by molar-refractivity contribution is 5.97. The van der Waals surface area contributed by atoms with Crippen LogP contribution in [0.25, 0.3) is 0 Å². The van der Waals surface area contributed by atoms with Gasteiger partial charge >= 0.3 is 6.18 Å². The maximum absolute atomic E-state index is 12.9. The van der Waals surface area contributed by atoms with Gasteiger partial charge in [-0.2, -0.15) is 13.2 Å². The summed E-state index contributed by atoms with van der Waals surface area (Å²) in [6.07, 6.45) is -3.25. The molecule has 0 amide bonds. The molecule has 0 atom stereocenters. The molecule has 2 aromatic rings. The first-order valence-corrected chi connectivity index (χ1v) is 8.12. The van der Waals surface area contributed by atoms with Crippen LogP contribution >= 0.6 is 0 Å². The Morgan fingerprint density at radius 1 is 1.04 bits per heavy atom. The number of carbonyl (C=O) groups is 1. The summed E-state index contributed by atoms with van der Waals surface area (Å²) in [6.45, 7) is 2.21. The smallest absolute Gasteiger partial charge is 0.354 e. The molecule has 26 heavy (non-hydrogen) atoms. The Kier molecular flexibility index (Phi) is 5.22. The van der Waals surface area contributed by atoms with E-state index >= 15 is 0 Å². The van der Waals surface area contributed by atoms with Gasteiger partial charge in [0.2, 0.25) is 0 Å². The van der Waals surface area contributed by atoms with E-state index < -0.39 is 17.6 Å². The fourth-order valence-corrected chi connectivity index (χ4v) is 2.83. The topological polar surface area (TPSA) is 36.4 Å². The highest BCUT2D eigenvalue weighted by Gasteiger charge is 2.31. The van der Waals surface area contributed by atoms with Gasteiger partial charge in [-0.25, -0.2) is 9.37 Å². The molecule has 1 aliphatic rings. The minimum Gasteiger partial charge on any atom is -0.354 e. The molecule has 2 heterocycles. The summed E-state index contributed by atoms with van der Waals surface area (Å²) in [7, 11) is 0. The molecule has 8 heteroatoms. The monoisotopic (exact) mass is 367 g/mol. The van der Waals surface area contributed by atoms with Crippen molar-refractivity contribution in [2.45, 2.75) is 6.18 Å². The zero-order chi connectivity index (χ0) is 18.7. The fraction of sp³-hybridized carbons (Fsp3) is 0.333. The molecule has 1 aliphatic heterocycles. The predicted molar refractivity (Wildman–Crippen MR) is 88.6 cm³/mol. The Hall–Kier alpha value is -2.48. The summed E-state index contributed by atoms with van der Waals surface area (Å²) in [5.74, 6) is -0.233. The van der Waals surface area contributed by atoms with E-state index in [1.165, 1.54) is 24.3 Å². The molecule has 0 unspecified atom stereocenters. The van der Waals surface area contributed by atoms with Gasteiger partial charge < -0.3 is 4.90 Å². The SMILES string of the molecule is O=C(CN1CCN(c2cc(C(F)(F)F)ccn2)CC1)c1ccc(F)cc1. The van der Waals surface area contributed by atoms with E-state index in [-0.39, 0.29) is 18.1 Å². The van der Waals surface area contributed by atoms with Crippen LogP contribution in [0.1, 0.15) is 15.9 Å². The average molecular weight is 367 g/mol. The number of hydrogen-bond donors (Lipinski definition) is 0. The first-order valence-electron chi connectivity index (χ1n) is 8.12.